The van der Waals surface area contributed by atoms with Crippen LogP contribution >= 0.6 is 11.6 Å². The third-order valence-electron chi connectivity index (χ3n) is 4.48. The molecule has 0 spiro atoms. The van der Waals surface area contributed by atoms with Crippen LogP contribution in [-0.2, 0) is 14.6 Å². The highest BCUT2D eigenvalue weighted by Crippen LogP contribution is 2.27. The van der Waals surface area contributed by atoms with Gasteiger partial charge in [-0.3, -0.25) is 4.79 Å². The average molecular weight is 398 g/mol. The lowest BCUT2D eigenvalue weighted by Crippen LogP contribution is -2.38. The number of halogens is 1. The lowest BCUT2D eigenvalue weighted by Gasteiger charge is -2.30. The van der Waals surface area contributed by atoms with Crippen molar-refractivity contribution >= 4 is 27.3 Å². The number of carbonyl (C=O) groups excluding carboxylic acids is 1. The third kappa shape index (κ3) is 4.42. The van der Waals surface area contributed by atoms with Crippen LogP contribution in [0.1, 0.15) is 37.0 Å². The van der Waals surface area contributed by atoms with E-state index < -0.39 is 9.84 Å². The molecular weight excluding hydrogens is 378 g/mol. The Morgan fingerprint density at radius 1 is 1.31 bits per heavy atom. The highest BCUT2D eigenvalue weighted by molar-refractivity contribution is 7.91. The number of likely N-dealkylation sites (tertiary alicyclic amines) is 1. The van der Waals surface area contributed by atoms with Gasteiger partial charge in [-0.1, -0.05) is 17.7 Å². The molecule has 1 aliphatic heterocycles. The first-order chi connectivity index (χ1) is 12.3. The summed E-state index contributed by atoms with van der Waals surface area (Å²) in [6.45, 7) is 2.86. The average Bonchev–Trinajstić information content (AvgIpc) is 3.06. The zero-order chi connectivity index (χ0) is 18.7. The zero-order valence-electron chi connectivity index (χ0n) is 14.4. The van der Waals surface area contributed by atoms with E-state index in [0.717, 1.165) is 12.8 Å². The van der Waals surface area contributed by atoms with Gasteiger partial charge in [0.05, 0.1) is 10.6 Å². The van der Waals surface area contributed by atoms with E-state index in [1.165, 1.54) is 12.1 Å². The van der Waals surface area contributed by atoms with Crippen molar-refractivity contribution in [2.75, 3.05) is 18.8 Å². The first-order valence-corrected chi connectivity index (χ1v) is 10.4. The highest BCUT2D eigenvalue weighted by Gasteiger charge is 2.28. The molecule has 0 N–H and O–H groups in total. The lowest BCUT2D eigenvalue weighted by atomic mass is 9.96. The fourth-order valence-electron chi connectivity index (χ4n) is 3.01. The van der Waals surface area contributed by atoms with Crippen molar-refractivity contribution in [1.82, 2.24) is 15.1 Å². The van der Waals surface area contributed by atoms with Crippen LogP contribution in [0.25, 0.3) is 0 Å². The molecule has 2 aromatic rings. The van der Waals surface area contributed by atoms with Gasteiger partial charge in [-0.15, -0.1) is 10.2 Å². The summed E-state index contributed by atoms with van der Waals surface area (Å²) < 4.78 is 30.2. The number of nitrogens with zero attached hydrogens (tertiary/aromatic N) is 3. The number of hydrogen-bond acceptors (Lipinski definition) is 6. The van der Waals surface area contributed by atoms with E-state index in [2.05, 4.69) is 10.2 Å². The Morgan fingerprint density at radius 3 is 2.65 bits per heavy atom. The van der Waals surface area contributed by atoms with Crippen LogP contribution < -0.4 is 0 Å². The summed E-state index contributed by atoms with van der Waals surface area (Å²) in [5.41, 5.74) is 0. The van der Waals surface area contributed by atoms with E-state index >= 15 is 0 Å². The second kappa shape index (κ2) is 7.75. The fourth-order valence-corrected chi connectivity index (χ4v) is 4.54. The van der Waals surface area contributed by atoms with Crippen molar-refractivity contribution in [1.29, 1.82) is 0 Å². The largest absolute Gasteiger partial charge is 0.425 e. The van der Waals surface area contributed by atoms with Crippen molar-refractivity contribution < 1.29 is 17.6 Å². The predicted molar refractivity (Wildman–Crippen MR) is 95.7 cm³/mol. The van der Waals surface area contributed by atoms with Crippen LogP contribution in [0.2, 0.25) is 5.02 Å². The van der Waals surface area contributed by atoms with Crippen molar-refractivity contribution in [2.24, 2.45) is 0 Å². The van der Waals surface area contributed by atoms with E-state index in [1.807, 2.05) is 0 Å². The first kappa shape index (κ1) is 18.8. The molecule has 9 heteroatoms. The molecule has 0 radical (unpaired) electrons. The van der Waals surface area contributed by atoms with Gasteiger partial charge < -0.3 is 9.32 Å². The number of hydrogen-bond donors (Lipinski definition) is 0. The number of amides is 1. The van der Waals surface area contributed by atoms with Crippen molar-refractivity contribution in [3.05, 3.63) is 41.1 Å². The number of aromatic nitrogens is 2. The summed E-state index contributed by atoms with van der Waals surface area (Å²) in [6, 6.07) is 6.09. The molecule has 1 aromatic carbocycles. The van der Waals surface area contributed by atoms with Gasteiger partial charge in [-0.2, -0.15) is 0 Å². The van der Waals surface area contributed by atoms with Gasteiger partial charge in [0.2, 0.25) is 17.7 Å². The minimum Gasteiger partial charge on any atom is -0.425 e. The van der Waals surface area contributed by atoms with Gasteiger partial charge in [0.25, 0.3) is 0 Å². The molecule has 1 aliphatic rings. The molecule has 0 bridgehead atoms. The molecule has 1 aromatic heterocycles. The molecule has 140 valence electrons. The summed E-state index contributed by atoms with van der Waals surface area (Å²) in [5.74, 6) is 0.906. The van der Waals surface area contributed by atoms with E-state index in [-0.39, 0.29) is 28.9 Å². The zero-order valence-corrected chi connectivity index (χ0v) is 16.0. The molecular formula is C17H20ClN3O4S. The maximum atomic E-state index is 12.4. The maximum Gasteiger partial charge on any atom is 0.223 e. The number of aryl methyl sites for hydroxylation is 1. The molecule has 2 heterocycles. The molecule has 1 amide bonds. The lowest BCUT2D eigenvalue weighted by molar-refractivity contribution is -0.131. The molecule has 26 heavy (non-hydrogen) atoms. The second-order valence-electron chi connectivity index (χ2n) is 6.34. The molecule has 1 saturated heterocycles. The van der Waals surface area contributed by atoms with E-state index in [9.17, 15) is 13.2 Å². The number of rotatable bonds is 5. The minimum atomic E-state index is -3.53. The Morgan fingerprint density at radius 2 is 2.04 bits per heavy atom. The monoisotopic (exact) mass is 397 g/mol. The number of piperidine rings is 1. The van der Waals surface area contributed by atoms with Gasteiger partial charge in [0.1, 0.15) is 0 Å². The summed E-state index contributed by atoms with van der Waals surface area (Å²) >= 11 is 5.84. The summed E-state index contributed by atoms with van der Waals surface area (Å²) in [7, 11) is -3.53. The third-order valence-corrected chi connectivity index (χ3v) is 6.43. The summed E-state index contributed by atoms with van der Waals surface area (Å²) in [5, 5.41) is 8.23. The van der Waals surface area contributed by atoms with E-state index in [1.54, 1.807) is 24.0 Å². The van der Waals surface area contributed by atoms with Crippen LogP contribution in [0.3, 0.4) is 0 Å². The topological polar surface area (TPSA) is 93.4 Å². The quantitative estimate of drug-likeness (QED) is 0.769. The number of benzene rings is 1. The SMILES string of the molecule is Cc1nnc(C2CCN(C(=O)CCS(=O)(=O)c3cccc(Cl)c3)CC2)o1. The molecule has 3 rings (SSSR count). The van der Waals surface area contributed by atoms with Crippen molar-refractivity contribution in [3.8, 4) is 0 Å². The van der Waals surface area contributed by atoms with Gasteiger partial charge in [-0.25, -0.2) is 8.42 Å². The van der Waals surface area contributed by atoms with Crippen LogP contribution in [-0.4, -0.2) is 48.3 Å². The maximum absolute atomic E-state index is 12.4. The standard InChI is InChI=1S/C17H20ClN3O4S/c1-12-19-20-17(25-12)13-5-8-21(9-6-13)16(22)7-10-26(23,24)15-4-2-3-14(18)11-15/h2-4,11,13H,5-10H2,1H3. The van der Waals surface area contributed by atoms with Gasteiger partial charge >= 0.3 is 0 Å². The van der Waals surface area contributed by atoms with Crippen molar-refractivity contribution in [2.45, 2.75) is 37.0 Å². The van der Waals surface area contributed by atoms with Crippen LogP contribution in [0, 0.1) is 6.92 Å². The molecule has 7 nitrogen and oxygen atoms in total. The molecule has 0 aliphatic carbocycles. The Bertz CT molecular complexity index is 889. The summed E-state index contributed by atoms with van der Waals surface area (Å²) in [6.07, 6.45) is 1.42. The second-order valence-corrected chi connectivity index (χ2v) is 8.89. The first-order valence-electron chi connectivity index (χ1n) is 8.41. The Kier molecular flexibility index (Phi) is 5.62. The summed E-state index contributed by atoms with van der Waals surface area (Å²) in [4.78, 5) is 14.2. The predicted octanol–water partition coefficient (Wildman–Crippen LogP) is 2.60. The minimum absolute atomic E-state index is 0.0425. The normalized spacial score (nSPS) is 16.0. The Labute approximate surface area is 157 Å². The number of sulfone groups is 1. The van der Waals surface area contributed by atoms with E-state index in [4.69, 9.17) is 16.0 Å². The van der Waals surface area contributed by atoms with Crippen LogP contribution in [0.5, 0.6) is 0 Å². The van der Waals surface area contributed by atoms with Gasteiger partial charge in [0.15, 0.2) is 9.84 Å². The van der Waals surface area contributed by atoms with Crippen LogP contribution in [0.15, 0.2) is 33.6 Å². The molecule has 0 unspecified atom stereocenters. The molecule has 1 fully saturated rings. The highest BCUT2D eigenvalue weighted by atomic mass is 35.5. The molecule has 0 saturated carbocycles. The smallest absolute Gasteiger partial charge is 0.223 e. The number of carbonyl (C=O) groups is 1. The van der Waals surface area contributed by atoms with E-state index in [0.29, 0.717) is 29.9 Å². The van der Waals surface area contributed by atoms with Gasteiger partial charge in [0, 0.05) is 37.4 Å². The Balaban J connectivity index is 1.53. The fraction of sp³-hybridized carbons (Fsp3) is 0.471. The van der Waals surface area contributed by atoms with Gasteiger partial charge in [-0.05, 0) is 31.0 Å². The molecule has 0 atom stereocenters. The Hall–Kier alpha value is -1.93. The van der Waals surface area contributed by atoms with Crippen LogP contribution in [0.4, 0.5) is 0 Å². The van der Waals surface area contributed by atoms with Crippen molar-refractivity contribution in [3.63, 3.8) is 0 Å².